The quantitative estimate of drug-likeness (QED) is 0.504. The number of amides is 3. The minimum atomic E-state index is -1.02. The molecule has 0 spiro atoms. The van der Waals surface area contributed by atoms with Crippen molar-refractivity contribution in [3.8, 4) is 5.75 Å². The number of hydrogen-bond donors (Lipinski definition) is 2. The van der Waals surface area contributed by atoms with E-state index >= 15 is 0 Å². The number of hydrogen-bond acceptors (Lipinski definition) is 7. The second kappa shape index (κ2) is 10.6. The molecule has 0 unspecified atom stereocenters. The summed E-state index contributed by atoms with van der Waals surface area (Å²) in [5.74, 6) is -2.55. The number of carbonyl (C=O) groups excluding carboxylic acids is 2. The monoisotopic (exact) mass is 502 g/mol. The van der Waals surface area contributed by atoms with Gasteiger partial charge in [-0.05, 0) is 18.6 Å². The molecular formula is C22H20F2N6O4S. The average Bonchev–Trinajstić information content (AvgIpc) is 3.44. The number of nitrogens with zero attached hydrogens (tertiary/aromatic N) is 4. The fraction of sp³-hybridized carbons (Fsp3) is 0.227. The van der Waals surface area contributed by atoms with E-state index in [9.17, 15) is 18.4 Å². The van der Waals surface area contributed by atoms with Crippen LogP contribution in [0.2, 0.25) is 0 Å². The first-order valence-electron chi connectivity index (χ1n) is 10.3. The third-order valence-corrected chi connectivity index (χ3v) is 5.74. The summed E-state index contributed by atoms with van der Waals surface area (Å²) < 4.78 is 39.2. The molecular weight excluding hydrogens is 482 g/mol. The number of ether oxygens (including phenoxy) is 2. The summed E-state index contributed by atoms with van der Waals surface area (Å²) in [6.07, 6.45) is 1.24. The van der Waals surface area contributed by atoms with Crippen molar-refractivity contribution in [2.24, 2.45) is 4.99 Å². The molecule has 1 fully saturated rings. The molecule has 0 saturated carbocycles. The third kappa shape index (κ3) is 5.63. The molecule has 0 atom stereocenters. The van der Waals surface area contributed by atoms with E-state index in [2.05, 4.69) is 25.5 Å². The van der Waals surface area contributed by atoms with E-state index in [1.54, 1.807) is 6.07 Å². The molecule has 10 nitrogen and oxygen atoms in total. The minimum Gasteiger partial charge on any atom is -0.479 e. The van der Waals surface area contributed by atoms with Gasteiger partial charge in [-0.1, -0.05) is 23.9 Å². The first kappa shape index (κ1) is 24.3. The van der Waals surface area contributed by atoms with Crippen LogP contribution in [0.3, 0.4) is 0 Å². The highest BCUT2D eigenvalue weighted by molar-refractivity contribution is 8.15. The predicted octanol–water partition coefficient (Wildman–Crippen LogP) is 3.78. The Balaban J connectivity index is 1.52. The Labute approximate surface area is 202 Å². The van der Waals surface area contributed by atoms with Crippen LogP contribution in [0.1, 0.15) is 17.0 Å². The number of aliphatic imine (C=N–C) groups is 1. The molecule has 4 rings (SSSR count). The maximum atomic E-state index is 14.4. The van der Waals surface area contributed by atoms with Gasteiger partial charge in [0.25, 0.3) is 0 Å². The van der Waals surface area contributed by atoms with E-state index in [0.717, 1.165) is 35.0 Å². The van der Waals surface area contributed by atoms with Crippen molar-refractivity contribution in [1.29, 1.82) is 0 Å². The Morgan fingerprint density at radius 2 is 2.03 bits per heavy atom. The number of thioether (sulfide) groups is 1. The van der Waals surface area contributed by atoms with Crippen molar-refractivity contribution in [3.63, 3.8) is 0 Å². The van der Waals surface area contributed by atoms with E-state index in [1.807, 2.05) is 19.1 Å². The Morgan fingerprint density at radius 3 is 2.71 bits per heavy atom. The van der Waals surface area contributed by atoms with Crippen molar-refractivity contribution < 1.29 is 27.8 Å². The highest BCUT2D eigenvalue weighted by Crippen LogP contribution is 2.31. The van der Waals surface area contributed by atoms with Crippen LogP contribution in [0.5, 0.6) is 5.75 Å². The third-order valence-electron chi connectivity index (χ3n) is 4.81. The lowest BCUT2D eigenvalue weighted by atomic mass is 10.1. The Hall–Kier alpha value is -3.84. The molecule has 1 saturated heterocycles. The molecule has 3 aromatic rings. The number of aromatic nitrogens is 3. The second-order valence-corrected chi connectivity index (χ2v) is 8.34. The van der Waals surface area contributed by atoms with Crippen LogP contribution in [0.4, 0.5) is 25.0 Å². The van der Waals surface area contributed by atoms with Crippen molar-refractivity contribution in [3.05, 3.63) is 65.2 Å². The highest BCUT2D eigenvalue weighted by Gasteiger charge is 2.32. The van der Waals surface area contributed by atoms with Crippen LogP contribution in [-0.4, -0.2) is 45.1 Å². The number of rotatable bonds is 7. The number of urea groups is 1. The van der Waals surface area contributed by atoms with Crippen molar-refractivity contribution in [2.45, 2.75) is 20.1 Å². The lowest BCUT2D eigenvalue weighted by molar-refractivity contribution is -0.115. The Morgan fingerprint density at radius 1 is 1.26 bits per heavy atom. The summed E-state index contributed by atoms with van der Waals surface area (Å²) in [5.41, 5.74) is 2.04. The molecule has 182 valence electrons. The molecule has 1 aromatic heterocycles. The van der Waals surface area contributed by atoms with E-state index in [0.29, 0.717) is 5.69 Å². The van der Waals surface area contributed by atoms with E-state index in [-0.39, 0.29) is 41.6 Å². The summed E-state index contributed by atoms with van der Waals surface area (Å²) >= 11 is 1.08. The number of amidine groups is 1. The van der Waals surface area contributed by atoms with Gasteiger partial charge in [-0.3, -0.25) is 14.8 Å². The number of anilines is 2. The van der Waals surface area contributed by atoms with Gasteiger partial charge >= 0.3 is 6.03 Å². The highest BCUT2D eigenvalue weighted by atomic mass is 32.2. The summed E-state index contributed by atoms with van der Waals surface area (Å²) in [5, 5.41) is 8.59. The fourth-order valence-corrected chi connectivity index (χ4v) is 4.15. The zero-order chi connectivity index (χ0) is 24.9. The molecule has 2 heterocycles. The van der Waals surface area contributed by atoms with Gasteiger partial charge in [0.2, 0.25) is 5.91 Å². The summed E-state index contributed by atoms with van der Waals surface area (Å²) in [4.78, 5) is 34.2. The first-order chi connectivity index (χ1) is 16.9. The van der Waals surface area contributed by atoms with Crippen LogP contribution in [0, 0.1) is 18.6 Å². The number of methoxy groups -OCH3 is 1. The van der Waals surface area contributed by atoms with Crippen LogP contribution >= 0.6 is 11.8 Å². The fourth-order valence-electron chi connectivity index (χ4n) is 3.29. The number of halogens is 2. The smallest absolute Gasteiger partial charge is 0.347 e. The van der Waals surface area contributed by atoms with Gasteiger partial charge in [0, 0.05) is 30.5 Å². The standard InChI is InChI=1S/C22H20F2N6O4S/c1-12-3-4-13(8-33-2)17(5-12)30-19(31)10-35-22(30)28-21(32)27-14-6-15(23)20(16(24)7-14)34-9-18-25-11-26-29-18/h3-7,11H,8-10H2,1-2H3,(H,27,32)(H,25,26,29). The summed E-state index contributed by atoms with van der Waals surface area (Å²) in [6.45, 7) is 1.91. The Bertz CT molecular complexity index is 1260. The minimum absolute atomic E-state index is 0.0902. The molecule has 2 aromatic carbocycles. The zero-order valence-corrected chi connectivity index (χ0v) is 19.5. The van der Waals surface area contributed by atoms with Gasteiger partial charge in [0.15, 0.2) is 28.4 Å². The number of aromatic amines is 1. The lowest BCUT2D eigenvalue weighted by Gasteiger charge is -2.20. The first-order valence-corrected chi connectivity index (χ1v) is 11.2. The topological polar surface area (TPSA) is 122 Å². The van der Waals surface area contributed by atoms with Gasteiger partial charge < -0.3 is 14.8 Å². The summed E-state index contributed by atoms with van der Waals surface area (Å²) in [7, 11) is 1.54. The van der Waals surface area contributed by atoms with Crippen molar-refractivity contribution in [1.82, 2.24) is 15.2 Å². The number of nitrogens with one attached hydrogen (secondary N) is 2. The second-order valence-electron chi connectivity index (χ2n) is 7.40. The Kier molecular flexibility index (Phi) is 7.36. The average molecular weight is 503 g/mol. The van der Waals surface area contributed by atoms with Gasteiger partial charge in [-0.2, -0.15) is 10.1 Å². The van der Waals surface area contributed by atoms with Crippen LogP contribution in [0.15, 0.2) is 41.7 Å². The largest absolute Gasteiger partial charge is 0.479 e. The van der Waals surface area contributed by atoms with Crippen molar-refractivity contribution in [2.75, 3.05) is 23.1 Å². The van der Waals surface area contributed by atoms with Crippen LogP contribution < -0.4 is 15.0 Å². The molecule has 3 amide bonds. The number of H-pyrrole nitrogens is 1. The van der Waals surface area contributed by atoms with Crippen molar-refractivity contribution >= 4 is 40.2 Å². The van der Waals surface area contributed by atoms with E-state index < -0.39 is 23.4 Å². The lowest BCUT2D eigenvalue weighted by Crippen LogP contribution is -2.31. The van der Waals surface area contributed by atoms with E-state index in [4.69, 9.17) is 9.47 Å². The van der Waals surface area contributed by atoms with Gasteiger partial charge in [-0.25, -0.2) is 18.6 Å². The number of aryl methyl sites for hydroxylation is 1. The molecule has 0 radical (unpaired) electrons. The molecule has 0 aliphatic carbocycles. The van der Waals surface area contributed by atoms with Crippen LogP contribution in [0.25, 0.3) is 0 Å². The molecule has 1 aliphatic rings. The SMILES string of the molecule is COCc1ccc(C)cc1N1C(=O)CSC1=NC(=O)Nc1cc(F)c(OCc2ncn[nH]2)c(F)c1. The number of benzene rings is 2. The maximum absolute atomic E-state index is 14.4. The van der Waals surface area contributed by atoms with Crippen LogP contribution in [-0.2, 0) is 22.7 Å². The molecule has 1 aliphatic heterocycles. The zero-order valence-electron chi connectivity index (χ0n) is 18.7. The molecule has 2 N–H and O–H groups in total. The molecule has 0 bridgehead atoms. The van der Waals surface area contributed by atoms with Gasteiger partial charge in [0.1, 0.15) is 12.9 Å². The molecule has 13 heteroatoms. The molecule has 35 heavy (non-hydrogen) atoms. The van der Waals surface area contributed by atoms with Gasteiger partial charge in [0.05, 0.1) is 18.0 Å². The van der Waals surface area contributed by atoms with E-state index in [1.165, 1.54) is 18.3 Å². The predicted molar refractivity (Wildman–Crippen MR) is 125 cm³/mol. The van der Waals surface area contributed by atoms with Gasteiger partial charge in [-0.15, -0.1) is 0 Å². The maximum Gasteiger partial charge on any atom is 0.347 e. The summed E-state index contributed by atoms with van der Waals surface area (Å²) in [6, 6.07) is 6.42. The normalized spacial score (nSPS) is 14.6. The number of carbonyl (C=O) groups is 2.